The predicted octanol–water partition coefficient (Wildman–Crippen LogP) is 2.95. The van der Waals surface area contributed by atoms with Gasteiger partial charge in [0.2, 0.25) is 11.8 Å². The highest BCUT2D eigenvalue weighted by Gasteiger charge is 2.39. The minimum atomic E-state index is -0.364. The molecule has 1 aromatic carbocycles. The minimum absolute atomic E-state index is 0.0417. The fourth-order valence-corrected chi connectivity index (χ4v) is 3.78. The first-order valence-electron chi connectivity index (χ1n) is 7.87. The molecule has 1 saturated heterocycles. The van der Waals surface area contributed by atoms with Crippen LogP contribution in [0.15, 0.2) is 24.3 Å². The number of rotatable bonds is 6. The molecule has 1 fully saturated rings. The maximum Gasteiger partial charge on any atom is 0.236 e. The normalized spacial score (nSPS) is 21.1. The lowest BCUT2D eigenvalue weighted by molar-refractivity contribution is -0.130. The summed E-state index contributed by atoms with van der Waals surface area (Å²) in [6.45, 7) is 6.79. The van der Waals surface area contributed by atoms with Gasteiger partial charge >= 0.3 is 0 Å². The van der Waals surface area contributed by atoms with Crippen LogP contribution in [0.1, 0.15) is 38.1 Å². The molecule has 1 heterocycles. The topological polar surface area (TPSA) is 49.4 Å². The Balaban J connectivity index is 2.04. The third-order valence-electron chi connectivity index (χ3n) is 3.71. The maximum atomic E-state index is 14.0. The molecule has 0 aromatic heterocycles. The zero-order valence-corrected chi connectivity index (χ0v) is 14.5. The second kappa shape index (κ2) is 7.81. The molecule has 2 amide bonds. The minimum Gasteiger partial charge on any atom is -0.356 e. The lowest BCUT2D eigenvalue weighted by Crippen LogP contribution is -2.35. The molecule has 0 spiro atoms. The van der Waals surface area contributed by atoms with E-state index >= 15 is 0 Å². The third kappa shape index (κ3) is 4.47. The van der Waals surface area contributed by atoms with Crippen molar-refractivity contribution in [3.05, 3.63) is 35.6 Å². The summed E-state index contributed by atoms with van der Waals surface area (Å²) >= 11 is 1.42. The van der Waals surface area contributed by atoms with Crippen LogP contribution in [0.2, 0.25) is 0 Å². The van der Waals surface area contributed by atoms with Gasteiger partial charge < -0.3 is 10.2 Å². The predicted molar refractivity (Wildman–Crippen MR) is 90.4 cm³/mol. The van der Waals surface area contributed by atoms with Gasteiger partial charge in [0.1, 0.15) is 11.2 Å². The highest BCUT2D eigenvalue weighted by atomic mass is 32.2. The number of amides is 2. The molecule has 23 heavy (non-hydrogen) atoms. The van der Waals surface area contributed by atoms with E-state index in [1.165, 1.54) is 17.8 Å². The largest absolute Gasteiger partial charge is 0.356 e. The van der Waals surface area contributed by atoms with Crippen molar-refractivity contribution < 1.29 is 14.0 Å². The van der Waals surface area contributed by atoms with Crippen LogP contribution in [0.25, 0.3) is 0 Å². The molecule has 0 radical (unpaired) electrons. The summed E-state index contributed by atoms with van der Waals surface area (Å²) in [6, 6.07) is 6.49. The van der Waals surface area contributed by atoms with Crippen molar-refractivity contribution in [2.75, 3.05) is 13.1 Å². The zero-order valence-electron chi connectivity index (χ0n) is 13.7. The van der Waals surface area contributed by atoms with Gasteiger partial charge in [-0.1, -0.05) is 32.0 Å². The monoisotopic (exact) mass is 338 g/mol. The average molecular weight is 338 g/mol. The number of nitrogens with zero attached hydrogens (tertiary/aromatic N) is 1. The summed E-state index contributed by atoms with van der Waals surface area (Å²) < 4.78 is 14.0. The first kappa shape index (κ1) is 17.8. The first-order chi connectivity index (χ1) is 10.9. The second-order valence-corrected chi connectivity index (χ2v) is 7.56. The molecular weight excluding hydrogens is 315 g/mol. The molecule has 1 aromatic rings. The van der Waals surface area contributed by atoms with E-state index in [1.54, 1.807) is 23.1 Å². The highest BCUT2D eigenvalue weighted by molar-refractivity contribution is 8.01. The van der Waals surface area contributed by atoms with Crippen LogP contribution < -0.4 is 5.32 Å². The number of thioether (sulfide) groups is 1. The summed E-state index contributed by atoms with van der Waals surface area (Å²) in [5, 5.41) is 2.25. The van der Waals surface area contributed by atoms with E-state index in [9.17, 15) is 14.0 Å². The molecule has 2 atom stereocenters. The Bertz CT molecular complexity index is 579. The molecule has 126 valence electrons. The van der Waals surface area contributed by atoms with E-state index in [1.807, 2.05) is 20.8 Å². The fourth-order valence-electron chi connectivity index (χ4n) is 2.45. The molecule has 0 saturated carbocycles. The molecule has 1 aliphatic rings. The van der Waals surface area contributed by atoms with Gasteiger partial charge in [-0.05, 0) is 18.9 Å². The van der Waals surface area contributed by atoms with E-state index in [4.69, 9.17) is 0 Å². The smallest absolute Gasteiger partial charge is 0.236 e. The number of hydrogen-bond acceptors (Lipinski definition) is 3. The Morgan fingerprint density at radius 1 is 1.39 bits per heavy atom. The van der Waals surface area contributed by atoms with E-state index in [-0.39, 0.29) is 34.7 Å². The van der Waals surface area contributed by atoms with Crippen molar-refractivity contribution in [1.29, 1.82) is 0 Å². The Morgan fingerprint density at radius 3 is 2.74 bits per heavy atom. The van der Waals surface area contributed by atoms with Crippen LogP contribution in [0.5, 0.6) is 0 Å². The van der Waals surface area contributed by atoms with Crippen LogP contribution in [0.4, 0.5) is 4.39 Å². The van der Waals surface area contributed by atoms with E-state index in [0.717, 1.165) is 0 Å². The Labute approximate surface area is 140 Å². The van der Waals surface area contributed by atoms with Crippen molar-refractivity contribution in [1.82, 2.24) is 10.2 Å². The van der Waals surface area contributed by atoms with Crippen LogP contribution >= 0.6 is 11.8 Å². The number of carbonyl (C=O) groups is 2. The molecule has 0 bridgehead atoms. The van der Waals surface area contributed by atoms with Crippen LogP contribution in [0, 0.1) is 11.7 Å². The molecule has 4 nitrogen and oxygen atoms in total. The summed E-state index contributed by atoms with van der Waals surface area (Å²) in [4.78, 5) is 25.8. The molecule has 0 unspecified atom stereocenters. The average Bonchev–Trinajstić information content (AvgIpc) is 2.79. The standard InChI is InChI=1S/C17H23FN2O2S/c1-11(2)10-19-15(21)8-9-20-16(22)12(3)23-17(20)13-6-4-5-7-14(13)18/h4-7,11-12,17H,8-10H2,1-3H3,(H,19,21)/t12-,17-/m1/s1. The van der Waals surface area contributed by atoms with Gasteiger partial charge in [-0.15, -0.1) is 11.8 Å². The van der Waals surface area contributed by atoms with Crippen molar-refractivity contribution >= 4 is 23.6 Å². The summed E-state index contributed by atoms with van der Waals surface area (Å²) in [5.74, 6) is -0.0569. The SMILES string of the molecule is CC(C)CNC(=O)CCN1C(=O)[C@@H](C)S[C@@H]1c1ccccc1F. The molecule has 6 heteroatoms. The molecule has 1 aliphatic heterocycles. The fraction of sp³-hybridized carbons (Fsp3) is 0.529. The van der Waals surface area contributed by atoms with Gasteiger partial charge in [0.15, 0.2) is 0 Å². The number of nitrogens with one attached hydrogen (secondary N) is 1. The summed E-state index contributed by atoms with van der Waals surface area (Å²) in [5.41, 5.74) is 0.498. The van der Waals surface area contributed by atoms with Crippen molar-refractivity contribution in [2.24, 2.45) is 5.92 Å². The highest BCUT2D eigenvalue weighted by Crippen LogP contribution is 2.43. The summed E-state index contributed by atoms with van der Waals surface area (Å²) in [6.07, 6.45) is 0.233. The van der Waals surface area contributed by atoms with Gasteiger partial charge in [-0.25, -0.2) is 4.39 Å². The molecular formula is C17H23FN2O2S. The van der Waals surface area contributed by atoms with Crippen molar-refractivity contribution in [3.63, 3.8) is 0 Å². The summed E-state index contributed by atoms with van der Waals surface area (Å²) in [7, 11) is 0. The van der Waals surface area contributed by atoms with Gasteiger partial charge in [-0.2, -0.15) is 0 Å². The van der Waals surface area contributed by atoms with Crippen LogP contribution in [-0.2, 0) is 9.59 Å². The lowest BCUT2D eigenvalue weighted by atomic mass is 10.2. The van der Waals surface area contributed by atoms with Crippen molar-refractivity contribution in [3.8, 4) is 0 Å². The Hall–Kier alpha value is -1.56. The van der Waals surface area contributed by atoms with Crippen molar-refractivity contribution in [2.45, 2.75) is 37.8 Å². The third-order valence-corrected chi connectivity index (χ3v) is 5.08. The number of carbonyl (C=O) groups excluding carboxylic acids is 2. The van der Waals surface area contributed by atoms with Gasteiger partial charge in [0.05, 0.1) is 5.25 Å². The van der Waals surface area contributed by atoms with E-state index in [2.05, 4.69) is 5.32 Å². The molecule has 2 rings (SSSR count). The number of hydrogen-bond donors (Lipinski definition) is 1. The van der Waals surface area contributed by atoms with Gasteiger partial charge in [0, 0.05) is 25.1 Å². The van der Waals surface area contributed by atoms with Crippen LogP contribution in [0.3, 0.4) is 0 Å². The van der Waals surface area contributed by atoms with E-state index in [0.29, 0.717) is 24.6 Å². The second-order valence-electron chi connectivity index (χ2n) is 6.13. The quantitative estimate of drug-likeness (QED) is 0.867. The maximum absolute atomic E-state index is 14.0. The first-order valence-corrected chi connectivity index (χ1v) is 8.81. The van der Waals surface area contributed by atoms with Gasteiger partial charge in [0.25, 0.3) is 0 Å². The van der Waals surface area contributed by atoms with Crippen LogP contribution in [-0.4, -0.2) is 35.1 Å². The number of benzene rings is 1. The van der Waals surface area contributed by atoms with E-state index < -0.39 is 0 Å². The Kier molecular flexibility index (Phi) is 6.04. The lowest BCUT2D eigenvalue weighted by Gasteiger charge is -2.24. The number of halogens is 1. The Morgan fingerprint density at radius 2 is 2.09 bits per heavy atom. The molecule has 0 aliphatic carbocycles. The van der Waals surface area contributed by atoms with Gasteiger partial charge in [-0.3, -0.25) is 9.59 Å². The zero-order chi connectivity index (χ0) is 17.0. The molecule has 1 N–H and O–H groups in total.